The van der Waals surface area contributed by atoms with Crippen LogP contribution in [-0.4, -0.2) is 60.3 Å². The van der Waals surface area contributed by atoms with Gasteiger partial charge in [0, 0.05) is 98.3 Å². The molecule has 7 heterocycles. The molecule has 0 aromatic carbocycles. The Morgan fingerprint density at radius 3 is 1.26 bits per heavy atom. The first-order valence-corrected chi connectivity index (χ1v) is 12.1. The number of pyridine rings is 1. The van der Waals surface area contributed by atoms with Crippen molar-refractivity contribution >= 4 is 11.3 Å². The molecule has 0 radical (unpaired) electrons. The fourth-order valence-corrected chi connectivity index (χ4v) is 2.03. The number of hydrogen-bond donors (Lipinski definition) is 2. The maximum absolute atomic E-state index is 3.78. The highest BCUT2D eigenvalue weighted by Crippen LogP contribution is 1.86. The van der Waals surface area contributed by atoms with Gasteiger partial charge in [-0.1, -0.05) is 6.07 Å². The molecule has 2 N–H and O–H groups in total. The smallest absolute Gasteiger partial charge is 0.115 e. The van der Waals surface area contributed by atoms with E-state index in [1.54, 1.807) is 122 Å². The van der Waals surface area contributed by atoms with Crippen molar-refractivity contribution in [1.29, 1.82) is 0 Å². The normalized spacial score (nSPS) is 8.00. The Labute approximate surface area is 230 Å². The van der Waals surface area contributed by atoms with Gasteiger partial charge in [-0.15, -0.1) is 11.3 Å². The third-order valence-corrected chi connectivity index (χ3v) is 3.69. The number of hydrogen-bond acceptors (Lipinski definition) is 11. The molecule has 0 bridgehead atoms. The van der Waals surface area contributed by atoms with Crippen LogP contribution in [0.3, 0.4) is 0 Å². The highest BCUT2D eigenvalue weighted by Gasteiger charge is 1.62. The third-order valence-electron chi connectivity index (χ3n) is 3.16. The summed E-state index contributed by atoms with van der Waals surface area (Å²) in [4.78, 5) is 28.7. The summed E-state index contributed by atoms with van der Waals surface area (Å²) in [6.45, 7) is 0. The molecule has 7 aromatic rings. The first-order chi connectivity index (χ1) is 19.5. The molecule has 0 saturated carbocycles. The molecule has 0 spiro atoms. The molecule has 0 aliphatic rings. The Kier molecular flexibility index (Phi) is 23.1. The standard InChI is InChI=1S/C5H5N.3C4H4N2.2C3H4N2.C3H3NS/c1-2-4-6-5-3-1;1-2-6-4-3-5-1;1-2-5-4-6-3-1;1-2-4-6-5-3-1;1-2-5-3-4-1;1-2-4-5-3-1;1-2-5-3-4-1/h1-5H;3*1-4H;2*1-3H,(H,4,5);1-3H. The molecule has 7 rings (SSSR count). The summed E-state index contributed by atoms with van der Waals surface area (Å²) >= 11 is 1.60. The maximum Gasteiger partial charge on any atom is 0.115 e. The van der Waals surface area contributed by atoms with Gasteiger partial charge in [-0.25, -0.2) is 15.0 Å². The molecule has 0 aliphatic carbocycles. The van der Waals surface area contributed by atoms with Gasteiger partial charge in [-0.05, 0) is 36.4 Å². The average molecular weight is 541 g/mol. The zero-order valence-corrected chi connectivity index (χ0v) is 21.7. The molecule has 7 aromatic heterocycles. The van der Waals surface area contributed by atoms with E-state index in [4.69, 9.17) is 0 Å². The predicted molar refractivity (Wildman–Crippen MR) is 150 cm³/mol. The van der Waals surface area contributed by atoms with Crippen molar-refractivity contribution in [2.75, 3.05) is 0 Å². The van der Waals surface area contributed by atoms with Gasteiger partial charge in [0.05, 0.1) is 11.8 Å². The van der Waals surface area contributed by atoms with E-state index in [9.17, 15) is 0 Å². The van der Waals surface area contributed by atoms with E-state index in [0.29, 0.717) is 0 Å². The molecule has 198 valence electrons. The lowest BCUT2D eigenvalue weighted by Gasteiger charge is -1.70. The van der Waals surface area contributed by atoms with Crippen molar-refractivity contribution in [3.8, 4) is 0 Å². The van der Waals surface area contributed by atoms with Crippen molar-refractivity contribution in [2.24, 2.45) is 0 Å². The summed E-state index contributed by atoms with van der Waals surface area (Å²) in [5.41, 5.74) is 1.79. The Morgan fingerprint density at radius 1 is 0.436 bits per heavy atom. The van der Waals surface area contributed by atoms with E-state index in [1.807, 2.05) is 41.8 Å². The molecule has 0 atom stereocenters. The van der Waals surface area contributed by atoms with E-state index in [0.717, 1.165) is 0 Å². The molecule has 0 aliphatic heterocycles. The largest absolute Gasteiger partial charge is 0.351 e. The minimum atomic E-state index is 1.50. The lowest BCUT2D eigenvalue weighted by molar-refractivity contribution is 1.03. The van der Waals surface area contributed by atoms with Crippen LogP contribution in [0.2, 0.25) is 0 Å². The second-order valence-corrected chi connectivity index (χ2v) is 6.70. The van der Waals surface area contributed by atoms with E-state index >= 15 is 0 Å². The summed E-state index contributed by atoms with van der Waals surface area (Å²) in [5.74, 6) is 0. The van der Waals surface area contributed by atoms with Crippen molar-refractivity contribution in [3.63, 3.8) is 0 Å². The monoisotopic (exact) mass is 540 g/mol. The number of H-pyrrole nitrogens is 2. The van der Waals surface area contributed by atoms with E-state index in [-0.39, 0.29) is 0 Å². The highest BCUT2D eigenvalue weighted by molar-refractivity contribution is 7.07. The molecule has 0 fully saturated rings. The Bertz CT molecular complexity index is 884. The predicted octanol–water partition coefficient (Wildman–Crippen LogP) is 4.47. The van der Waals surface area contributed by atoms with Crippen molar-refractivity contribution in [2.45, 2.75) is 0 Å². The lowest BCUT2D eigenvalue weighted by Crippen LogP contribution is -1.69. The van der Waals surface area contributed by atoms with E-state index in [2.05, 4.69) is 60.3 Å². The minimum absolute atomic E-state index is 1.50. The Morgan fingerprint density at radius 2 is 1.08 bits per heavy atom. The quantitative estimate of drug-likeness (QED) is 0.281. The van der Waals surface area contributed by atoms with Gasteiger partial charge in [-0.3, -0.25) is 25.0 Å². The average Bonchev–Trinajstić information content (AvgIpc) is 3.89. The second kappa shape index (κ2) is 28.7. The van der Waals surface area contributed by atoms with Gasteiger partial charge in [0.15, 0.2) is 0 Å². The number of rotatable bonds is 0. The van der Waals surface area contributed by atoms with Crippen LogP contribution in [-0.2, 0) is 0 Å². The molecular weight excluding hydrogens is 512 g/mol. The zero-order valence-electron chi connectivity index (χ0n) is 20.9. The van der Waals surface area contributed by atoms with Crippen LogP contribution in [0.15, 0.2) is 159 Å². The van der Waals surface area contributed by atoms with Gasteiger partial charge in [0.2, 0.25) is 0 Å². The highest BCUT2D eigenvalue weighted by atomic mass is 32.1. The van der Waals surface area contributed by atoms with Gasteiger partial charge in [0.25, 0.3) is 0 Å². The van der Waals surface area contributed by atoms with Crippen LogP contribution < -0.4 is 0 Å². The first kappa shape index (κ1) is 31.5. The van der Waals surface area contributed by atoms with Crippen molar-refractivity contribution < 1.29 is 0 Å². The summed E-state index contributed by atoms with van der Waals surface area (Å²) in [5, 5.41) is 15.2. The molecular formula is C26H28N12S. The number of nitrogens with zero attached hydrogens (tertiary/aromatic N) is 10. The van der Waals surface area contributed by atoms with E-state index in [1.165, 1.54) is 6.33 Å². The van der Waals surface area contributed by atoms with Gasteiger partial charge >= 0.3 is 0 Å². The fraction of sp³-hybridized carbons (Fsp3) is 0. The van der Waals surface area contributed by atoms with Crippen molar-refractivity contribution in [1.82, 2.24) is 60.3 Å². The molecule has 0 saturated heterocycles. The van der Waals surface area contributed by atoms with Crippen molar-refractivity contribution in [3.05, 3.63) is 159 Å². The van der Waals surface area contributed by atoms with Crippen LogP contribution in [0.25, 0.3) is 0 Å². The molecule has 0 amide bonds. The third kappa shape index (κ3) is 26.9. The SMILES string of the molecule is c1c[nH]cn1.c1ccncc1.c1ccnnc1.c1cn[nH]c1.c1cnccn1.c1cncnc1.c1cscn1. The minimum Gasteiger partial charge on any atom is -0.351 e. The van der Waals surface area contributed by atoms with E-state index < -0.39 is 0 Å². The summed E-state index contributed by atoms with van der Waals surface area (Å²) < 4.78 is 0. The fourth-order valence-electron chi connectivity index (χ4n) is 1.68. The maximum atomic E-state index is 3.78. The van der Waals surface area contributed by atoms with Crippen LogP contribution >= 0.6 is 11.3 Å². The molecule has 0 unspecified atom stereocenters. The van der Waals surface area contributed by atoms with Crippen LogP contribution in [0.4, 0.5) is 0 Å². The molecule has 12 nitrogen and oxygen atoms in total. The summed E-state index contributed by atoms with van der Waals surface area (Å²) in [6, 6.07) is 13.0. The number of aromatic nitrogens is 12. The zero-order chi connectivity index (χ0) is 27.6. The number of nitrogens with one attached hydrogen (secondary N) is 2. The number of imidazole rings is 1. The summed E-state index contributed by atoms with van der Waals surface area (Å²) in [7, 11) is 0. The van der Waals surface area contributed by atoms with Crippen LogP contribution in [0.5, 0.6) is 0 Å². The lowest BCUT2D eigenvalue weighted by atomic mass is 10.5. The second-order valence-electron chi connectivity index (χ2n) is 5.94. The first-order valence-electron chi connectivity index (χ1n) is 11.2. The van der Waals surface area contributed by atoms with Crippen LogP contribution in [0.1, 0.15) is 0 Å². The topological polar surface area (TPSA) is 160 Å². The number of thiazole rings is 1. The van der Waals surface area contributed by atoms with Crippen LogP contribution in [0, 0.1) is 0 Å². The van der Waals surface area contributed by atoms with Gasteiger partial charge in [-0.2, -0.15) is 15.3 Å². The van der Waals surface area contributed by atoms with Gasteiger partial charge in [0.1, 0.15) is 6.33 Å². The Balaban J connectivity index is 0.000000228. The molecule has 13 heteroatoms. The number of aromatic amines is 2. The Hall–Kier alpha value is -5.56. The molecule has 39 heavy (non-hydrogen) atoms. The summed E-state index contributed by atoms with van der Waals surface area (Å²) in [6.07, 6.45) is 28.5. The van der Waals surface area contributed by atoms with Gasteiger partial charge < -0.3 is 4.98 Å².